The van der Waals surface area contributed by atoms with Gasteiger partial charge < -0.3 is 59.6 Å². The van der Waals surface area contributed by atoms with Gasteiger partial charge in [-0.2, -0.15) is 0 Å². The molecule has 0 saturated heterocycles. The van der Waals surface area contributed by atoms with Gasteiger partial charge in [-0.3, -0.25) is 28.8 Å². The summed E-state index contributed by atoms with van der Waals surface area (Å²) in [4.78, 5) is 83.2. The molecule has 0 saturated carbocycles. The average molecular weight is 770 g/mol. The van der Waals surface area contributed by atoms with Crippen molar-refractivity contribution in [3.05, 3.63) is 90.0 Å². The van der Waals surface area contributed by atoms with Gasteiger partial charge in [0.1, 0.15) is 22.8 Å². The van der Waals surface area contributed by atoms with Gasteiger partial charge in [-0.05, 0) is 51.3 Å². The average Bonchev–Trinajstić information content (AvgIpc) is 3.95. The lowest BCUT2D eigenvalue weighted by Crippen LogP contribution is -2.32. The maximum atomic E-state index is 13.3. The Morgan fingerprint density at radius 1 is 0.554 bits per heavy atom. The highest BCUT2D eigenvalue weighted by Gasteiger charge is 2.21. The van der Waals surface area contributed by atoms with Crippen molar-refractivity contribution in [2.45, 2.75) is 12.8 Å². The minimum atomic E-state index is -0.482. The molecule has 0 aliphatic rings. The maximum Gasteiger partial charge on any atom is 0.291 e. The number of hydrogen-bond acceptors (Lipinski definition) is 8. The molecule has 5 heterocycles. The van der Waals surface area contributed by atoms with Crippen molar-refractivity contribution in [2.75, 3.05) is 55.0 Å². The van der Waals surface area contributed by atoms with Crippen molar-refractivity contribution >= 4 is 58.2 Å². The molecule has 0 spiro atoms. The zero-order valence-electron chi connectivity index (χ0n) is 32.4. The third kappa shape index (κ3) is 9.99. The van der Waals surface area contributed by atoms with Crippen LogP contribution in [0.5, 0.6) is 0 Å². The van der Waals surface area contributed by atoms with Gasteiger partial charge in [0.15, 0.2) is 5.82 Å². The molecule has 6 N–H and O–H groups in total. The highest BCUT2D eigenvalue weighted by Crippen LogP contribution is 2.21. The molecule has 0 aromatic carbocycles. The van der Waals surface area contributed by atoms with Gasteiger partial charge in [-0.25, -0.2) is 4.98 Å². The molecule has 0 atom stereocenters. The number of anilines is 4. The number of carbonyl (C=O) groups is 6. The molecule has 56 heavy (non-hydrogen) atoms. The predicted molar refractivity (Wildman–Crippen MR) is 210 cm³/mol. The van der Waals surface area contributed by atoms with Crippen LogP contribution < -0.4 is 31.9 Å². The number of nitrogens with one attached hydrogen (secondary N) is 6. The molecule has 19 heteroatoms. The quantitative estimate of drug-likeness (QED) is 0.0815. The summed E-state index contributed by atoms with van der Waals surface area (Å²) < 4.78 is 7.82. The fourth-order valence-electron chi connectivity index (χ4n) is 5.88. The van der Waals surface area contributed by atoms with Crippen molar-refractivity contribution in [3.8, 4) is 0 Å². The van der Waals surface area contributed by atoms with E-state index in [9.17, 15) is 28.8 Å². The zero-order valence-corrected chi connectivity index (χ0v) is 32.4. The van der Waals surface area contributed by atoms with Gasteiger partial charge in [0, 0.05) is 91.9 Å². The van der Waals surface area contributed by atoms with Crippen molar-refractivity contribution in [3.63, 3.8) is 0 Å². The molecular formula is C37H47N13O6. The first-order valence-electron chi connectivity index (χ1n) is 17.7. The van der Waals surface area contributed by atoms with Gasteiger partial charge in [-0.1, -0.05) is 0 Å². The van der Waals surface area contributed by atoms with Gasteiger partial charge in [0.2, 0.25) is 5.91 Å². The van der Waals surface area contributed by atoms with Crippen LogP contribution in [0.1, 0.15) is 65.4 Å². The summed E-state index contributed by atoms with van der Waals surface area (Å²) in [5.74, 6) is -2.16. The van der Waals surface area contributed by atoms with Gasteiger partial charge in [0.25, 0.3) is 29.5 Å². The Bertz CT molecular complexity index is 2270. The van der Waals surface area contributed by atoms with Crippen LogP contribution in [-0.2, 0) is 40.0 Å². The van der Waals surface area contributed by atoms with Crippen LogP contribution in [0.3, 0.4) is 0 Å². The van der Waals surface area contributed by atoms with E-state index < -0.39 is 29.5 Å². The van der Waals surface area contributed by atoms with Crippen LogP contribution in [0, 0.1) is 0 Å². The molecule has 5 aromatic heterocycles. The molecule has 0 fully saturated rings. The Morgan fingerprint density at radius 3 is 1.36 bits per heavy atom. The van der Waals surface area contributed by atoms with E-state index in [0.717, 1.165) is 13.0 Å². The molecule has 0 unspecified atom stereocenters. The molecule has 6 amide bonds. The molecule has 296 valence electrons. The Morgan fingerprint density at radius 2 is 0.964 bits per heavy atom. The van der Waals surface area contributed by atoms with Crippen LogP contribution >= 0.6 is 0 Å². The smallest absolute Gasteiger partial charge is 0.291 e. The second kappa shape index (κ2) is 17.5. The molecule has 0 aliphatic heterocycles. The SMILES string of the molecule is CN(C)CCCNC(=O)CCNC(=O)c1cc(NC(=O)c2cc(NC(=O)c3cc(NC(=O)c4cc(NC(=O)c5nccn5C)cn4C)cn3C)cn2C)cn1C. The van der Waals surface area contributed by atoms with E-state index in [4.69, 9.17) is 0 Å². The number of aryl methyl sites for hydroxylation is 5. The van der Waals surface area contributed by atoms with E-state index in [2.05, 4.69) is 36.9 Å². The summed E-state index contributed by atoms with van der Waals surface area (Å²) in [6, 6.07) is 6.09. The summed E-state index contributed by atoms with van der Waals surface area (Å²) in [6.45, 7) is 1.58. The lowest BCUT2D eigenvalue weighted by Gasteiger charge is -2.10. The highest BCUT2D eigenvalue weighted by atomic mass is 16.2. The topological polar surface area (TPSA) is 215 Å². The third-order valence-electron chi connectivity index (χ3n) is 8.75. The monoisotopic (exact) mass is 769 g/mol. The van der Waals surface area contributed by atoms with Crippen LogP contribution in [0.15, 0.2) is 61.4 Å². The summed E-state index contributed by atoms with van der Waals surface area (Å²) >= 11 is 0. The number of aromatic nitrogens is 6. The van der Waals surface area contributed by atoms with Crippen LogP contribution in [0.25, 0.3) is 0 Å². The lowest BCUT2D eigenvalue weighted by molar-refractivity contribution is -0.120. The number of nitrogens with zero attached hydrogens (tertiary/aromatic N) is 7. The van der Waals surface area contributed by atoms with Gasteiger partial charge in [-0.15, -0.1) is 0 Å². The summed E-state index contributed by atoms with van der Waals surface area (Å²) in [7, 11) is 12.3. The Labute approximate surface area is 323 Å². The fraction of sp³-hybridized carbons (Fsp3) is 0.324. The summed E-state index contributed by atoms with van der Waals surface area (Å²) in [6.07, 6.45) is 10.5. The van der Waals surface area contributed by atoms with E-state index >= 15 is 0 Å². The van der Waals surface area contributed by atoms with E-state index in [1.165, 1.54) is 30.5 Å². The standard InChI is InChI=1S/C37H47N13O6/c1-45(2)13-8-10-38-31(51)9-11-40-33(52)27-15-23(19-47(27)4)41-34(53)28-16-24(20-48(28)5)42-35(54)29-17-25(21-49(29)6)43-36(55)30-18-26(22-50(30)7)44-37(56)32-39-12-14-46(32)3/h12,14-22H,8-11,13H2,1-7H3,(H,38,51)(H,40,52)(H,41,53)(H,42,54)(H,43,55)(H,44,56). The second-order valence-electron chi connectivity index (χ2n) is 13.6. The number of imidazole rings is 1. The van der Waals surface area contributed by atoms with Crippen molar-refractivity contribution < 1.29 is 28.8 Å². The third-order valence-corrected chi connectivity index (χ3v) is 8.75. The van der Waals surface area contributed by atoms with E-state index in [1.807, 2.05) is 19.0 Å². The molecule has 0 bridgehead atoms. The van der Waals surface area contributed by atoms with Crippen molar-refractivity contribution in [2.24, 2.45) is 35.2 Å². The molecule has 0 aliphatic carbocycles. The van der Waals surface area contributed by atoms with E-state index in [-0.39, 0.29) is 41.8 Å². The number of amides is 6. The number of carbonyl (C=O) groups excluding carboxylic acids is 6. The van der Waals surface area contributed by atoms with Crippen LogP contribution in [0.2, 0.25) is 0 Å². The van der Waals surface area contributed by atoms with Crippen molar-refractivity contribution in [1.29, 1.82) is 0 Å². The zero-order chi connectivity index (χ0) is 40.7. The van der Waals surface area contributed by atoms with E-state index in [0.29, 0.717) is 35.0 Å². The summed E-state index contributed by atoms with van der Waals surface area (Å²) in [5.41, 5.74) is 2.55. The lowest BCUT2D eigenvalue weighted by atomic mass is 10.3. The molecule has 0 radical (unpaired) electrons. The number of hydrogen-bond donors (Lipinski definition) is 6. The summed E-state index contributed by atoms with van der Waals surface area (Å²) in [5, 5.41) is 16.6. The van der Waals surface area contributed by atoms with Crippen LogP contribution in [0.4, 0.5) is 22.7 Å². The van der Waals surface area contributed by atoms with Crippen LogP contribution in [-0.4, -0.2) is 102 Å². The first kappa shape index (κ1) is 40.3. The first-order chi connectivity index (χ1) is 26.6. The Hall–Kier alpha value is -6.89. The predicted octanol–water partition coefficient (Wildman–Crippen LogP) is 1.97. The molecule has 5 aromatic rings. The van der Waals surface area contributed by atoms with E-state index in [1.54, 1.807) is 89.1 Å². The van der Waals surface area contributed by atoms with Gasteiger partial charge in [0.05, 0.1) is 22.7 Å². The first-order valence-corrected chi connectivity index (χ1v) is 17.7. The normalized spacial score (nSPS) is 11.0. The van der Waals surface area contributed by atoms with Crippen molar-refractivity contribution in [1.82, 2.24) is 43.4 Å². The molecule has 5 rings (SSSR count). The minimum Gasteiger partial charge on any atom is -0.356 e. The minimum absolute atomic E-state index is 0.141. The second-order valence-corrected chi connectivity index (χ2v) is 13.6. The molecular weight excluding hydrogens is 722 g/mol. The maximum absolute atomic E-state index is 13.3. The highest BCUT2D eigenvalue weighted by molar-refractivity contribution is 6.09. The largest absolute Gasteiger partial charge is 0.356 e. The number of rotatable bonds is 16. The van der Waals surface area contributed by atoms with Gasteiger partial charge >= 0.3 is 0 Å². The Kier molecular flexibility index (Phi) is 12.6. The fourth-order valence-corrected chi connectivity index (χ4v) is 5.88. The Balaban J connectivity index is 1.13. The molecule has 19 nitrogen and oxygen atoms in total.